The summed E-state index contributed by atoms with van der Waals surface area (Å²) in [4.78, 5) is 35.8. The maximum absolute atomic E-state index is 12.1. The SMILES string of the molecule is COc1ccc(NC(=O)N2CCNC(=O)C2)c(C(=O)O)c1. The predicted octanol–water partition coefficient (Wildman–Crippen LogP) is 0.357. The highest BCUT2D eigenvalue weighted by molar-refractivity contribution is 6.01. The maximum Gasteiger partial charge on any atom is 0.337 e. The Kier molecular flexibility index (Phi) is 4.27. The Bertz CT molecular complexity index is 587. The van der Waals surface area contributed by atoms with Gasteiger partial charge in [-0.2, -0.15) is 0 Å². The number of methoxy groups -OCH3 is 1. The number of anilines is 1. The predicted molar refractivity (Wildman–Crippen MR) is 73.6 cm³/mol. The fraction of sp³-hybridized carbons (Fsp3) is 0.308. The van der Waals surface area contributed by atoms with E-state index in [2.05, 4.69) is 10.6 Å². The number of nitrogens with zero attached hydrogens (tertiary/aromatic N) is 1. The van der Waals surface area contributed by atoms with Crippen molar-refractivity contribution < 1.29 is 24.2 Å². The summed E-state index contributed by atoms with van der Waals surface area (Å²) in [5, 5.41) is 14.3. The molecule has 0 saturated carbocycles. The molecule has 3 amide bonds. The summed E-state index contributed by atoms with van der Waals surface area (Å²) in [7, 11) is 1.42. The number of carbonyl (C=O) groups excluding carboxylic acids is 2. The van der Waals surface area contributed by atoms with Gasteiger partial charge in [-0.3, -0.25) is 4.79 Å². The van der Waals surface area contributed by atoms with Crippen molar-refractivity contribution in [3.05, 3.63) is 23.8 Å². The molecule has 0 spiro atoms. The number of carboxylic acids is 1. The van der Waals surface area contributed by atoms with Crippen LogP contribution in [0.5, 0.6) is 5.75 Å². The fourth-order valence-corrected chi connectivity index (χ4v) is 1.94. The average Bonchev–Trinajstić information content (AvgIpc) is 2.47. The van der Waals surface area contributed by atoms with Crippen molar-refractivity contribution in [1.29, 1.82) is 0 Å². The van der Waals surface area contributed by atoms with Crippen molar-refractivity contribution in [2.45, 2.75) is 0 Å². The molecule has 21 heavy (non-hydrogen) atoms. The van der Waals surface area contributed by atoms with E-state index in [1.807, 2.05) is 0 Å². The molecule has 1 saturated heterocycles. The molecule has 1 aromatic carbocycles. The highest BCUT2D eigenvalue weighted by Crippen LogP contribution is 2.22. The lowest BCUT2D eigenvalue weighted by molar-refractivity contribution is -0.123. The zero-order valence-electron chi connectivity index (χ0n) is 11.4. The van der Waals surface area contributed by atoms with Crippen molar-refractivity contribution in [2.24, 2.45) is 0 Å². The van der Waals surface area contributed by atoms with Crippen LogP contribution in [-0.2, 0) is 4.79 Å². The number of aromatic carboxylic acids is 1. The number of nitrogens with one attached hydrogen (secondary N) is 2. The van der Waals surface area contributed by atoms with E-state index in [9.17, 15) is 14.4 Å². The molecule has 8 heteroatoms. The molecule has 0 atom stereocenters. The summed E-state index contributed by atoms with van der Waals surface area (Å²) >= 11 is 0. The van der Waals surface area contributed by atoms with Crippen LogP contribution in [0, 0.1) is 0 Å². The molecule has 0 bridgehead atoms. The van der Waals surface area contributed by atoms with Crippen molar-refractivity contribution in [2.75, 3.05) is 32.1 Å². The number of benzene rings is 1. The van der Waals surface area contributed by atoms with Crippen molar-refractivity contribution in [1.82, 2.24) is 10.2 Å². The summed E-state index contributed by atoms with van der Waals surface area (Å²) < 4.78 is 4.96. The summed E-state index contributed by atoms with van der Waals surface area (Å²) in [5.41, 5.74) is 0.0726. The molecule has 2 rings (SSSR count). The molecule has 3 N–H and O–H groups in total. The number of carboxylic acid groups (broad SMARTS) is 1. The van der Waals surface area contributed by atoms with Gasteiger partial charge >= 0.3 is 12.0 Å². The monoisotopic (exact) mass is 293 g/mol. The summed E-state index contributed by atoms with van der Waals surface area (Å²) in [6.07, 6.45) is 0. The first-order valence-electron chi connectivity index (χ1n) is 6.25. The topological polar surface area (TPSA) is 108 Å². The van der Waals surface area contributed by atoms with Gasteiger partial charge in [0.25, 0.3) is 0 Å². The largest absolute Gasteiger partial charge is 0.497 e. The van der Waals surface area contributed by atoms with E-state index >= 15 is 0 Å². The maximum atomic E-state index is 12.1. The van der Waals surface area contributed by atoms with Gasteiger partial charge in [-0.1, -0.05) is 0 Å². The number of piperazine rings is 1. The lowest BCUT2D eigenvalue weighted by Crippen LogP contribution is -2.51. The number of ether oxygens (including phenoxy) is 1. The number of carbonyl (C=O) groups is 3. The van der Waals surface area contributed by atoms with E-state index in [4.69, 9.17) is 9.84 Å². The molecule has 0 unspecified atom stereocenters. The lowest BCUT2D eigenvalue weighted by Gasteiger charge is -2.27. The number of hydrogen-bond acceptors (Lipinski definition) is 4. The van der Waals surface area contributed by atoms with Crippen LogP contribution in [0.25, 0.3) is 0 Å². The Morgan fingerprint density at radius 1 is 1.43 bits per heavy atom. The van der Waals surface area contributed by atoms with Gasteiger partial charge in [0.05, 0.1) is 18.4 Å². The van der Waals surface area contributed by atoms with Crippen LogP contribution in [0.2, 0.25) is 0 Å². The van der Waals surface area contributed by atoms with Crippen LogP contribution in [-0.4, -0.2) is 54.7 Å². The van der Waals surface area contributed by atoms with Crippen LogP contribution in [0.15, 0.2) is 18.2 Å². The van der Waals surface area contributed by atoms with Crippen molar-refractivity contribution >= 4 is 23.6 Å². The number of amides is 3. The highest BCUT2D eigenvalue weighted by atomic mass is 16.5. The molecular formula is C13H15N3O5. The van der Waals surface area contributed by atoms with Gasteiger partial charge < -0.3 is 25.4 Å². The first-order chi connectivity index (χ1) is 10.0. The van der Waals surface area contributed by atoms with Gasteiger partial charge in [-0.05, 0) is 18.2 Å². The quantitative estimate of drug-likeness (QED) is 0.745. The zero-order valence-corrected chi connectivity index (χ0v) is 11.4. The number of rotatable bonds is 3. The van der Waals surface area contributed by atoms with E-state index < -0.39 is 12.0 Å². The number of hydrogen-bond donors (Lipinski definition) is 3. The van der Waals surface area contributed by atoms with Crippen LogP contribution in [0.4, 0.5) is 10.5 Å². The molecule has 0 radical (unpaired) electrons. The third kappa shape index (κ3) is 3.41. The third-order valence-electron chi connectivity index (χ3n) is 3.02. The van der Waals surface area contributed by atoms with Gasteiger partial charge in [-0.15, -0.1) is 0 Å². The van der Waals surface area contributed by atoms with Gasteiger partial charge in [0.1, 0.15) is 12.3 Å². The summed E-state index contributed by atoms with van der Waals surface area (Å²) in [6, 6.07) is 3.80. The molecule has 8 nitrogen and oxygen atoms in total. The molecule has 0 aliphatic carbocycles. The smallest absolute Gasteiger partial charge is 0.337 e. The molecule has 112 valence electrons. The molecule has 1 fully saturated rings. The molecule has 1 heterocycles. The minimum atomic E-state index is -1.18. The second-order valence-electron chi connectivity index (χ2n) is 4.42. The molecular weight excluding hydrogens is 278 g/mol. The fourth-order valence-electron chi connectivity index (χ4n) is 1.94. The molecule has 1 aliphatic heterocycles. The zero-order chi connectivity index (χ0) is 15.4. The minimum absolute atomic E-state index is 0.0512. The molecule has 0 aromatic heterocycles. The highest BCUT2D eigenvalue weighted by Gasteiger charge is 2.22. The molecule has 1 aliphatic rings. The summed E-state index contributed by atoms with van der Waals surface area (Å²) in [6.45, 7) is 0.696. The lowest BCUT2D eigenvalue weighted by atomic mass is 10.1. The third-order valence-corrected chi connectivity index (χ3v) is 3.02. The second-order valence-corrected chi connectivity index (χ2v) is 4.42. The van der Waals surface area contributed by atoms with E-state index in [0.29, 0.717) is 18.8 Å². The molecule has 1 aromatic rings. The van der Waals surface area contributed by atoms with E-state index in [1.165, 1.54) is 24.1 Å². The van der Waals surface area contributed by atoms with Crippen LogP contribution in [0.1, 0.15) is 10.4 Å². The van der Waals surface area contributed by atoms with E-state index in [1.54, 1.807) is 6.07 Å². The van der Waals surface area contributed by atoms with E-state index in [-0.39, 0.29) is 23.7 Å². The van der Waals surface area contributed by atoms with Gasteiger partial charge in [0.2, 0.25) is 5.91 Å². The second kappa shape index (κ2) is 6.12. The Morgan fingerprint density at radius 3 is 2.81 bits per heavy atom. The Balaban J connectivity index is 2.16. The Labute approximate surface area is 120 Å². The minimum Gasteiger partial charge on any atom is -0.497 e. The van der Waals surface area contributed by atoms with Crippen molar-refractivity contribution in [3.8, 4) is 5.75 Å². The summed E-state index contributed by atoms with van der Waals surface area (Å²) in [5.74, 6) is -1.05. The normalized spacial score (nSPS) is 14.3. The Morgan fingerprint density at radius 2 is 2.19 bits per heavy atom. The van der Waals surface area contributed by atoms with Crippen molar-refractivity contribution in [3.63, 3.8) is 0 Å². The standard InChI is InChI=1S/C13H15N3O5/c1-21-8-2-3-10(9(6-8)12(18)19)15-13(20)16-5-4-14-11(17)7-16/h2-3,6H,4-5,7H2,1H3,(H,14,17)(H,15,20)(H,18,19). The first kappa shape index (κ1) is 14.6. The average molecular weight is 293 g/mol. The van der Waals surface area contributed by atoms with Gasteiger partial charge in [0, 0.05) is 13.1 Å². The van der Waals surface area contributed by atoms with Gasteiger partial charge in [-0.25, -0.2) is 9.59 Å². The van der Waals surface area contributed by atoms with E-state index in [0.717, 1.165) is 0 Å². The van der Waals surface area contributed by atoms with Gasteiger partial charge in [0.15, 0.2) is 0 Å². The first-order valence-corrected chi connectivity index (χ1v) is 6.25. The van der Waals surface area contributed by atoms with Crippen LogP contribution >= 0.6 is 0 Å². The van der Waals surface area contributed by atoms with Crippen LogP contribution in [0.3, 0.4) is 0 Å². The Hall–Kier alpha value is -2.77. The van der Waals surface area contributed by atoms with Crippen LogP contribution < -0.4 is 15.4 Å². The number of urea groups is 1.